The molecule has 1 atom stereocenters. The molecule has 1 saturated heterocycles. The van der Waals surface area contributed by atoms with Gasteiger partial charge < -0.3 is 14.6 Å². The summed E-state index contributed by atoms with van der Waals surface area (Å²) in [5, 5.41) is 11.7. The molecule has 0 unspecified atom stereocenters. The monoisotopic (exact) mass is 514 g/mol. The number of carbonyl (C=O) groups is 2. The molecule has 8 heteroatoms. The number of aliphatic hydroxyl groups excluding tert-OH is 1. The van der Waals surface area contributed by atoms with Gasteiger partial charge in [0.05, 0.1) is 35.0 Å². The fraction of sp³-hybridized carbons (Fsp3) is 0.207. The van der Waals surface area contributed by atoms with Crippen LogP contribution in [0.4, 0.5) is 5.13 Å². The second-order valence-electron chi connectivity index (χ2n) is 8.60. The Bertz CT molecular complexity index is 1510. The number of anilines is 1. The predicted molar refractivity (Wildman–Crippen MR) is 144 cm³/mol. The smallest absolute Gasteiger partial charge is 0.301 e. The second kappa shape index (κ2) is 10.1. The zero-order valence-electron chi connectivity index (χ0n) is 20.7. The van der Waals surface area contributed by atoms with E-state index in [4.69, 9.17) is 9.47 Å². The molecule has 4 aromatic rings. The molecule has 0 radical (unpaired) electrons. The van der Waals surface area contributed by atoms with Crippen molar-refractivity contribution >= 4 is 44.1 Å². The molecule has 1 fully saturated rings. The van der Waals surface area contributed by atoms with Gasteiger partial charge in [0.25, 0.3) is 5.78 Å². The number of carbonyl (C=O) groups excluding carboxylic acids is 2. The third-order valence-corrected chi connectivity index (χ3v) is 7.15. The van der Waals surface area contributed by atoms with E-state index in [0.29, 0.717) is 41.0 Å². The fourth-order valence-corrected chi connectivity index (χ4v) is 5.50. The third-order valence-electron chi connectivity index (χ3n) is 6.13. The number of aliphatic hydroxyl groups is 1. The minimum Gasteiger partial charge on any atom is -0.507 e. The third kappa shape index (κ3) is 4.56. The van der Waals surface area contributed by atoms with Gasteiger partial charge in [-0.3, -0.25) is 14.5 Å². The van der Waals surface area contributed by atoms with E-state index in [1.807, 2.05) is 39.0 Å². The number of Topliss-reactive ketones (excluding diaryl/α,β-unsaturated/α-hetero) is 1. The lowest BCUT2D eigenvalue weighted by molar-refractivity contribution is -0.132. The highest BCUT2D eigenvalue weighted by Gasteiger charge is 2.48. The van der Waals surface area contributed by atoms with Crippen LogP contribution in [0.1, 0.15) is 36.6 Å². The quantitative estimate of drug-likeness (QED) is 0.184. The van der Waals surface area contributed by atoms with Gasteiger partial charge in [-0.15, -0.1) is 0 Å². The lowest BCUT2D eigenvalue weighted by atomic mass is 9.95. The number of rotatable bonds is 7. The van der Waals surface area contributed by atoms with Crippen molar-refractivity contribution in [2.75, 3.05) is 18.1 Å². The Hall–Kier alpha value is -4.17. The molecule has 37 heavy (non-hydrogen) atoms. The van der Waals surface area contributed by atoms with Crippen LogP contribution in [-0.4, -0.2) is 35.0 Å². The molecule has 0 bridgehead atoms. The number of aromatic nitrogens is 1. The van der Waals surface area contributed by atoms with Crippen LogP contribution in [0.2, 0.25) is 0 Å². The molecule has 1 aliphatic heterocycles. The Balaban J connectivity index is 1.66. The summed E-state index contributed by atoms with van der Waals surface area (Å²) in [6.07, 6.45) is 0. The Labute approximate surface area is 218 Å². The number of fused-ring (bicyclic) bond motifs is 1. The second-order valence-corrected chi connectivity index (χ2v) is 9.61. The number of thiazole rings is 1. The molecule has 1 aliphatic rings. The first-order chi connectivity index (χ1) is 17.9. The first-order valence-electron chi connectivity index (χ1n) is 12.1. The lowest BCUT2D eigenvalue weighted by Gasteiger charge is -2.23. The Kier molecular flexibility index (Phi) is 6.67. The molecule has 2 heterocycles. The van der Waals surface area contributed by atoms with Crippen LogP contribution < -0.4 is 14.4 Å². The number of ketones is 1. The number of hydrogen-bond acceptors (Lipinski definition) is 7. The molecular formula is C29H26N2O5S. The molecule has 0 spiro atoms. The number of amides is 1. The van der Waals surface area contributed by atoms with E-state index in [9.17, 15) is 14.7 Å². The zero-order chi connectivity index (χ0) is 26.1. The van der Waals surface area contributed by atoms with Crippen LogP contribution >= 0.6 is 11.3 Å². The van der Waals surface area contributed by atoms with Crippen LogP contribution in [0.15, 0.2) is 72.3 Å². The normalized spacial score (nSPS) is 16.9. The standard InChI is InChI=1S/C29H26N2O5S/c1-4-35-20-11-7-18(8-12-20)25-24(26(32)19-9-13-21(14-10-19)36-5-2)27(33)28(34)31(25)29-30-22-15-6-17(3)16-23(22)37-29/h6-16,25,32H,4-5H2,1-3H3/b26-24+/t25-/m1/s1. The van der Waals surface area contributed by atoms with Crippen molar-refractivity contribution in [2.45, 2.75) is 26.8 Å². The van der Waals surface area contributed by atoms with Gasteiger partial charge in [-0.2, -0.15) is 0 Å². The summed E-state index contributed by atoms with van der Waals surface area (Å²) >= 11 is 1.34. The van der Waals surface area contributed by atoms with Crippen molar-refractivity contribution in [1.82, 2.24) is 4.98 Å². The zero-order valence-corrected chi connectivity index (χ0v) is 21.5. The van der Waals surface area contributed by atoms with Crippen molar-refractivity contribution < 1.29 is 24.2 Å². The largest absolute Gasteiger partial charge is 0.507 e. The average Bonchev–Trinajstić information content (AvgIpc) is 3.42. The number of benzene rings is 3. The molecule has 1 amide bonds. The van der Waals surface area contributed by atoms with E-state index in [0.717, 1.165) is 15.8 Å². The summed E-state index contributed by atoms with van der Waals surface area (Å²) in [4.78, 5) is 32.9. The van der Waals surface area contributed by atoms with E-state index >= 15 is 0 Å². The van der Waals surface area contributed by atoms with Crippen molar-refractivity contribution in [3.8, 4) is 11.5 Å². The van der Waals surface area contributed by atoms with Crippen LogP contribution in [-0.2, 0) is 9.59 Å². The van der Waals surface area contributed by atoms with Gasteiger partial charge in [-0.1, -0.05) is 29.5 Å². The molecule has 188 valence electrons. The van der Waals surface area contributed by atoms with Crippen molar-refractivity contribution in [2.24, 2.45) is 0 Å². The summed E-state index contributed by atoms with van der Waals surface area (Å²) in [6.45, 7) is 6.79. The summed E-state index contributed by atoms with van der Waals surface area (Å²) in [5.74, 6) is -0.430. The van der Waals surface area contributed by atoms with Crippen LogP contribution in [0.3, 0.4) is 0 Å². The molecular weight excluding hydrogens is 488 g/mol. The van der Waals surface area contributed by atoms with Gasteiger partial charge in [0.2, 0.25) is 0 Å². The predicted octanol–water partition coefficient (Wildman–Crippen LogP) is 6.03. The Morgan fingerprint density at radius 1 is 0.946 bits per heavy atom. The van der Waals surface area contributed by atoms with Crippen LogP contribution in [0.5, 0.6) is 11.5 Å². The van der Waals surface area contributed by atoms with Crippen molar-refractivity contribution in [1.29, 1.82) is 0 Å². The van der Waals surface area contributed by atoms with E-state index in [1.54, 1.807) is 48.5 Å². The highest BCUT2D eigenvalue weighted by molar-refractivity contribution is 7.22. The minimum absolute atomic E-state index is 0.00811. The molecule has 5 rings (SSSR count). The minimum atomic E-state index is -0.857. The van der Waals surface area contributed by atoms with Crippen LogP contribution in [0.25, 0.3) is 16.0 Å². The first-order valence-corrected chi connectivity index (χ1v) is 12.9. The molecule has 3 aromatic carbocycles. The van der Waals surface area contributed by atoms with E-state index in [2.05, 4.69) is 4.98 Å². The molecule has 1 N–H and O–H groups in total. The SMILES string of the molecule is CCOc1ccc(/C(O)=C2\C(=O)C(=O)N(c3nc4ccc(C)cc4s3)[C@@H]2c2ccc(OCC)cc2)cc1. The lowest BCUT2D eigenvalue weighted by Crippen LogP contribution is -2.29. The van der Waals surface area contributed by atoms with Crippen molar-refractivity contribution in [3.05, 3.63) is 89.0 Å². The van der Waals surface area contributed by atoms with Gasteiger partial charge >= 0.3 is 5.91 Å². The highest BCUT2D eigenvalue weighted by Crippen LogP contribution is 2.44. The summed E-state index contributed by atoms with van der Waals surface area (Å²) < 4.78 is 12.0. The molecule has 7 nitrogen and oxygen atoms in total. The van der Waals surface area contributed by atoms with Gasteiger partial charge in [-0.05, 0) is 80.4 Å². The summed E-state index contributed by atoms with van der Waals surface area (Å²) in [5.41, 5.74) is 2.89. The van der Waals surface area contributed by atoms with Crippen molar-refractivity contribution in [3.63, 3.8) is 0 Å². The van der Waals surface area contributed by atoms with Gasteiger partial charge in [0, 0.05) is 5.56 Å². The van der Waals surface area contributed by atoms with E-state index in [-0.39, 0.29) is 11.3 Å². The average molecular weight is 515 g/mol. The van der Waals surface area contributed by atoms with E-state index < -0.39 is 17.7 Å². The van der Waals surface area contributed by atoms with Gasteiger partial charge in [-0.25, -0.2) is 4.98 Å². The summed E-state index contributed by atoms with van der Waals surface area (Å²) in [7, 11) is 0. The Morgan fingerprint density at radius 2 is 1.57 bits per heavy atom. The number of ether oxygens (including phenoxy) is 2. The van der Waals surface area contributed by atoms with Crippen LogP contribution in [0, 0.1) is 6.92 Å². The highest BCUT2D eigenvalue weighted by atomic mass is 32.1. The Morgan fingerprint density at radius 3 is 2.19 bits per heavy atom. The molecule has 0 saturated carbocycles. The fourth-order valence-electron chi connectivity index (χ4n) is 4.41. The molecule has 0 aliphatic carbocycles. The maximum Gasteiger partial charge on any atom is 0.301 e. The summed E-state index contributed by atoms with van der Waals surface area (Å²) in [6, 6.07) is 19.0. The molecule has 1 aromatic heterocycles. The number of hydrogen-bond donors (Lipinski definition) is 1. The number of aryl methyl sites for hydroxylation is 1. The maximum absolute atomic E-state index is 13.4. The van der Waals surface area contributed by atoms with Gasteiger partial charge in [0.15, 0.2) is 5.13 Å². The topological polar surface area (TPSA) is 89.0 Å². The van der Waals surface area contributed by atoms with E-state index in [1.165, 1.54) is 16.2 Å². The van der Waals surface area contributed by atoms with Gasteiger partial charge in [0.1, 0.15) is 17.3 Å². The number of nitrogens with zero attached hydrogens (tertiary/aromatic N) is 2. The maximum atomic E-state index is 13.4. The first kappa shape index (κ1) is 24.5.